The molecule has 0 spiro atoms. The van der Waals surface area contributed by atoms with Crippen molar-refractivity contribution in [2.24, 2.45) is 11.8 Å². The summed E-state index contributed by atoms with van der Waals surface area (Å²) in [5.74, 6) is 2.07. The molecule has 0 aliphatic heterocycles. The lowest BCUT2D eigenvalue weighted by atomic mass is 9.79. The van der Waals surface area contributed by atoms with Gasteiger partial charge >= 0.3 is 0 Å². The molecule has 0 heteroatoms. The van der Waals surface area contributed by atoms with Crippen LogP contribution >= 0.6 is 0 Å². The lowest BCUT2D eigenvalue weighted by Crippen LogP contribution is -2.14. The fraction of sp³-hybridized carbons (Fsp3) is 0.875. The van der Waals surface area contributed by atoms with E-state index in [1.807, 2.05) is 0 Å². The van der Waals surface area contributed by atoms with E-state index in [0.29, 0.717) is 0 Å². The van der Waals surface area contributed by atoms with Gasteiger partial charge in [-0.3, -0.25) is 0 Å². The summed E-state index contributed by atoms with van der Waals surface area (Å²) in [5.41, 5.74) is 0. The molecule has 1 aliphatic carbocycles. The van der Waals surface area contributed by atoms with Crippen LogP contribution in [0.5, 0.6) is 0 Å². The molecule has 1 atom stereocenters. The summed E-state index contributed by atoms with van der Waals surface area (Å²) in [5, 5.41) is 0. The molecule has 0 aromatic rings. The van der Waals surface area contributed by atoms with Crippen LogP contribution < -0.4 is 0 Å². The molecule has 1 unspecified atom stereocenters. The zero-order valence-electron chi connectivity index (χ0n) is 12.0. The van der Waals surface area contributed by atoms with Crippen LogP contribution in [0, 0.1) is 24.7 Å². The van der Waals surface area contributed by atoms with Crippen LogP contribution in [0.25, 0.3) is 0 Å². The Morgan fingerprint density at radius 3 is 1.81 bits per heavy atom. The van der Waals surface area contributed by atoms with Gasteiger partial charge in [0.15, 0.2) is 0 Å². The highest BCUT2D eigenvalue weighted by Gasteiger charge is 2.18. The normalized spacial score (nSPS) is 17.4. The van der Waals surface area contributed by atoms with Crippen molar-refractivity contribution >= 4 is 0 Å². The van der Waals surface area contributed by atoms with Gasteiger partial charge in [0.1, 0.15) is 0 Å². The third-order valence-corrected chi connectivity index (χ3v) is 3.20. The number of rotatable bonds is 3. The van der Waals surface area contributed by atoms with Crippen molar-refractivity contribution in [3.05, 3.63) is 0 Å². The first-order chi connectivity index (χ1) is 7.76. The van der Waals surface area contributed by atoms with E-state index in [-0.39, 0.29) is 0 Å². The zero-order chi connectivity index (χ0) is 12.8. The smallest absolute Gasteiger partial charge is 0.0388 e. The molecule has 0 aromatic carbocycles. The Morgan fingerprint density at radius 2 is 1.44 bits per heavy atom. The average Bonchev–Trinajstić information content (AvgIpc) is 2.34. The van der Waals surface area contributed by atoms with E-state index >= 15 is 0 Å². The van der Waals surface area contributed by atoms with Crippen LogP contribution in [0.4, 0.5) is 0 Å². The molecule has 0 nitrogen and oxygen atoms in total. The molecular formula is C16H32. The highest BCUT2D eigenvalue weighted by atomic mass is 14.2. The van der Waals surface area contributed by atoms with Crippen molar-refractivity contribution in [2.75, 3.05) is 0 Å². The van der Waals surface area contributed by atoms with E-state index in [2.05, 4.69) is 40.5 Å². The maximum Gasteiger partial charge on any atom is -0.0388 e. The van der Waals surface area contributed by atoms with Gasteiger partial charge in [0.2, 0.25) is 0 Å². The first-order valence-corrected chi connectivity index (χ1v) is 7.09. The molecule has 0 N–H and O–H groups in total. The third kappa shape index (κ3) is 10.1. The van der Waals surface area contributed by atoms with Gasteiger partial charge < -0.3 is 0 Å². The van der Waals surface area contributed by atoms with E-state index in [9.17, 15) is 0 Å². The fourth-order valence-electron chi connectivity index (χ4n) is 2.39. The Hall–Kier alpha value is -0.440. The molecule has 0 aromatic heterocycles. The van der Waals surface area contributed by atoms with Crippen molar-refractivity contribution in [2.45, 2.75) is 79.1 Å². The molecule has 0 heterocycles. The highest BCUT2D eigenvalue weighted by Crippen LogP contribution is 2.31. The SMILES string of the molecule is C#C.CCC.CCCC(C)C1CCCCC1. The molecule has 0 amide bonds. The van der Waals surface area contributed by atoms with E-state index < -0.39 is 0 Å². The van der Waals surface area contributed by atoms with E-state index in [0.717, 1.165) is 11.8 Å². The molecule has 1 fully saturated rings. The molecule has 0 radical (unpaired) electrons. The monoisotopic (exact) mass is 224 g/mol. The number of hydrogen-bond acceptors (Lipinski definition) is 0. The summed E-state index contributed by atoms with van der Waals surface area (Å²) in [6.07, 6.45) is 19.6. The minimum Gasteiger partial charge on any atom is -0.124 e. The zero-order valence-corrected chi connectivity index (χ0v) is 12.0. The van der Waals surface area contributed by atoms with Gasteiger partial charge in [-0.2, -0.15) is 0 Å². The fourth-order valence-corrected chi connectivity index (χ4v) is 2.39. The van der Waals surface area contributed by atoms with Crippen molar-refractivity contribution < 1.29 is 0 Å². The second kappa shape index (κ2) is 14.6. The van der Waals surface area contributed by atoms with Gasteiger partial charge in [0.25, 0.3) is 0 Å². The van der Waals surface area contributed by atoms with E-state index in [4.69, 9.17) is 0 Å². The second-order valence-corrected chi connectivity index (χ2v) is 4.87. The maximum atomic E-state index is 4.00. The van der Waals surface area contributed by atoms with Crippen molar-refractivity contribution in [3.8, 4) is 12.8 Å². The second-order valence-electron chi connectivity index (χ2n) is 4.87. The Morgan fingerprint density at radius 1 is 1.00 bits per heavy atom. The molecule has 0 saturated heterocycles. The van der Waals surface area contributed by atoms with E-state index in [1.54, 1.807) is 0 Å². The van der Waals surface area contributed by atoms with Gasteiger partial charge in [-0.15, -0.1) is 12.8 Å². The summed E-state index contributed by atoms with van der Waals surface area (Å²) in [6, 6.07) is 0. The summed E-state index contributed by atoms with van der Waals surface area (Å²) in [4.78, 5) is 0. The quantitative estimate of drug-likeness (QED) is 0.542. The molecule has 1 saturated carbocycles. The first-order valence-electron chi connectivity index (χ1n) is 7.09. The van der Waals surface area contributed by atoms with Gasteiger partial charge in [0, 0.05) is 0 Å². The van der Waals surface area contributed by atoms with Crippen molar-refractivity contribution in [1.29, 1.82) is 0 Å². The molecular weight excluding hydrogens is 192 g/mol. The maximum absolute atomic E-state index is 4.00. The predicted molar refractivity (Wildman–Crippen MR) is 76.5 cm³/mol. The molecule has 1 rings (SSSR count). The standard InChI is InChI=1S/C11H22.C3H8.C2H2/c1-3-7-10(2)11-8-5-4-6-9-11;1-3-2;1-2/h10-11H,3-9H2,1-2H3;3H2,1-2H3;1-2H. The largest absolute Gasteiger partial charge is 0.124 e. The topological polar surface area (TPSA) is 0 Å². The Labute approximate surface area is 104 Å². The molecule has 16 heavy (non-hydrogen) atoms. The Balaban J connectivity index is 0. The van der Waals surface area contributed by atoms with Crippen molar-refractivity contribution in [3.63, 3.8) is 0 Å². The van der Waals surface area contributed by atoms with E-state index in [1.165, 1.54) is 51.4 Å². The van der Waals surface area contributed by atoms with Crippen LogP contribution in [0.1, 0.15) is 79.1 Å². The van der Waals surface area contributed by atoms with Crippen LogP contribution in [0.3, 0.4) is 0 Å². The van der Waals surface area contributed by atoms with Crippen molar-refractivity contribution in [1.82, 2.24) is 0 Å². The molecule has 1 aliphatic rings. The summed E-state index contributed by atoms with van der Waals surface area (Å²) >= 11 is 0. The minimum atomic E-state index is 1.00. The van der Waals surface area contributed by atoms with Gasteiger partial charge in [-0.25, -0.2) is 0 Å². The summed E-state index contributed by atoms with van der Waals surface area (Å²) in [7, 11) is 0. The molecule has 96 valence electrons. The number of hydrogen-bond donors (Lipinski definition) is 0. The lowest BCUT2D eigenvalue weighted by Gasteiger charge is -2.27. The Kier molecular flexibility index (Phi) is 16.3. The highest BCUT2D eigenvalue weighted by molar-refractivity contribution is 4.70. The van der Waals surface area contributed by atoms with Gasteiger partial charge in [0.05, 0.1) is 0 Å². The van der Waals surface area contributed by atoms with Crippen LogP contribution in [-0.4, -0.2) is 0 Å². The minimum absolute atomic E-state index is 1.00. The Bertz CT molecular complexity index is 128. The predicted octanol–water partition coefficient (Wildman–Crippen LogP) is 5.67. The third-order valence-electron chi connectivity index (χ3n) is 3.20. The van der Waals surface area contributed by atoms with Crippen LogP contribution in [0.2, 0.25) is 0 Å². The first kappa shape index (κ1) is 17.9. The summed E-state index contributed by atoms with van der Waals surface area (Å²) < 4.78 is 0. The number of terminal acetylenes is 1. The van der Waals surface area contributed by atoms with Gasteiger partial charge in [-0.1, -0.05) is 79.1 Å². The lowest BCUT2D eigenvalue weighted by molar-refractivity contribution is 0.251. The average molecular weight is 224 g/mol. The summed E-state index contributed by atoms with van der Waals surface area (Å²) in [6.45, 7) is 9.00. The molecule has 0 bridgehead atoms. The van der Waals surface area contributed by atoms with Gasteiger partial charge in [-0.05, 0) is 11.8 Å². The van der Waals surface area contributed by atoms with Crippen LogP contribution in [0.15, 0.2) is 0 Å². The van der Waals surface area contributed by atoms with Crippen LogP contribution in [-0.2, 0) is 0 Å².